The van der Waals surface area contributed by atoms with E-state index in [1.807, 2.05) is 37.3 Å². The van der Waals surface area contributed by atoms with Crippen molar-refractivity contribution in [3.05, 3.63) is 48.3 Å². The third-order valence-corrected chi connectivity index (χ3v) is 3.29. The van der Waals surface area contributed by atoms with Gasteiger partial charge in [0.25, 0.3) is 5.91 Å². The van der Waals surface area contributed by atoms with Gasteiger partial charge < -0.3 is 10.4 Å². The first-order chi connectivity index (χ1) is 10.6. The Hall–Kier alpha value is -2.63. The number of hydrogen-bond acceptors (Lipinski definition) is 3. The molecule has 0 aliphatic carbocycles. The van der Waals surface area contributed by atoms with Crippen LogP contribution in [-0.2, 0) is 4.79 Å². The predicted molar refractivity (Wildman–Crippen MR) is 82.0 cm³/mol. The van der Waals surface area contributed by atoms with Crippen molar-refractivity contribution in [2.24, 2.45) is 0 Å². The average molecular weight is 301 g/mol. The smallest absolute Gasteiger partial charge is 0.326 e. The Kier molecular flexibility index (Phi) is 5.30. The third-order valence-electron chi connectivity index (χ3n) is 3.29. The lowest BCUT2D eigenvalue weighted by atomic mass is 10.1. The molecule has 6 nitrogen and oxygen atoms in total. The van der Waals surface area contributed by atoms with E-state index < -0.39 is 17.9 Å². The second kappa shape index (κ2) is 7.40. The van der Waals surface area contributed by atoms with Crippen molar-refractivity contribution < 1.29 is 14.7 Å². The molecule has 0 radical (unpaired) electrons. The summed E-state index contributed by atoms with van der Waals surface area (Å²) in [7, 11) is 0. The quantitative estimate of drug-likeness (QED) is 0.821. The first-order valence-corrected chi connectivity index (χ1v) is 7.26. The highest BCUT2D eigenvalue weighted by Gasteiger charge is 2.21. The van der Waals surface area contributed by atoms with Crippen LogP contribution in [0.1, 0.15) is 36.7 Å². The molecule has 116 valence electrons. The summed E-state index contributed by atoms with van der Waals surface area (Å²) in [6.07, 6.45) is 3.71. The fourth-order valence-corrected chi connectivity index (χ4v) is 2.07. The molecule has 22 heavy (non-hydrogen) atoms. The van der Waals surface area contributed by atoms with Crippen LogP contribution < -0.4 is 5.32 Å². The van der Waals surface area contributed by atoms with Crippen LogP contribution in [0.15, 0.2) is 42.6 Å². The molecule has 0 spiro atoms. The van der Waals surface area contributed by atoms with Gasteiger partial charge in [-0.1, -0.05) is 38.0 Å². The number of unbranched alkanes of at least 4 members (excludes halogenated alkanes) is 1. The van der Waals surface area contributed by atoms with Crippen LogP contribution in [0.25, 0.3) is 5.69 Å². The number of carboxylic acids is 1. The zero-order chi connectivity index (χ0) is 15.9. The van der Waals surface area contributed by atoms with Gasteiger partial charge in [-0.3, -0.25) is 4.79 Å². The lowest BCUT2D eigenvalue weighted by Gasteiger charge is -2.12. The van der Waals surface area contributed by atoms with E-state index in [0.717, 1.165) is 18.5 Å². The van der Waals surface area contributed by atoms with Crippen molar-refractivity contribution in [2.45, 2.75) is 32.2 Å². The van der Waals surface area contributed by atoms with Gasteiger partial charge in [0.15, 0.2) is 5.69 Å². The van der Waals surface area contributed by atoms with E-state index in [1.54, 1.807) is 16.9 Å². The van der Waals surface area contributed by atoms with Gasteiger partial charge in [-0.25, -0.2) is 9.48 Å². The van der Waals surface area contributed by atoms with Crippen molar-refractivity contribution in [1.29, 1.82) is 0 Å². The van der Waals surface area contributed by atoms with Crippen molar-refractivity contribution >= 4 is 11.9 Å². The Morgan fingerprint density at radius 2 is 2.00 bits per heavy atom. The topological polar surface area (TPSA) is 84.2 Å². The minimum atomic E-state index is -1.02. The summed E-state index contributed by atoms with van der Waals surface area (Å²) < 4.78 is 1.58. The van der Waals surface area contributed by atoms with Gasteiger partial charge in [0, 0.05) is 6.20 Å². The Morgan fingerprint density at radius 1 is 1.27 bits per heavy atom. The Morgan fingerprint density at radius 3 is 2.64 bits per heavy atom. The molecule has 0 saturated carbocycles. The van der Waals surface area contributed by atoms with Crippen LogP contribution >= 0.6 is 0 Å². The molecule has 1 aromatic heterocycles. The number of aromatic nitrogens is 2. The fraction of sp³-hybridized carbons (Fsp3) is 0.312. The molecule has 0 unspecified atom stereocenters. The van der Waals surface area contributed by atoms with Gasteiger partial charge in [-0.05, 0) is 24.6 Å². The van der Waals surface area contributed by atoms with Crippen molar-refractivity contribution in [2.75, 3.05) is 0 Å². The lowest BCUT2D eigenvalue weighted by Crippen LogP contribution is -2.40. The number of hydrogen-bond donors (Lipinski definition) is 2. The molecule has 0 aliphatic heterocycles. The summed E-state index contributed by atoms with van der Waals surface area (Å²) >= 11 is 0. The van der Waals surface area contributed by atoms with Crippen LogP contribution in [0.4, 0.5) is 0 Å². The number of carboxylic acid groups (broad SMARTS) is 1. The number of nitrogens with one attached hydrogen (secondary N) is 1. The molecule has 2 N–H and O–H groups in total. The van der Waals surface area contributed by atoms with Crippen molar-refractivity contribution in [3.63, 3.8) is 0 Å². The zero-order valence-electron chi connectivity index (χ0n) is 12.4. The lowest BCUT2D eigenvalue weighted by molar-refractivity contribution is -0.139. The molecule has 0 saturated heterocycles. The van der Waals surface area contributed by atoms with E-state index in [1.165, 1.54) is 0 Å². The maximum atomic E-state index is 12.1. The molecule has 6 heteroatoms. The first kappa shape index (κ1) is 15.8. The van der Waals surface area contributed by atoms with Crippen LogP contribution in [-0.4, -0.2) is 32.8 Å². The number of para-hydroxylation sites is 1. The van der Waals surface area contributed by atoms with E-state index in [2.05, 4.69) is 10.4 Å². The fourth-order valence-electron chi connectivity index (χ4n) is 2.07. The number of carbonyl (C=O) groups excluding carboxylic acids is 1. The molecular weight excluding hydrogens is 282 g/mol. The maximum Gasteiger partial charge on any atom is 0.326 e. The molecule has 0 fully saturated rings. The summed E-state index contributed by atoms with van der Waals surface area (Å²) in [5.74, 6) is -1.50. The van der Waals surface area contributed by atoms with Crippen LogP contribution in [0, 0.1) is 0 Å². The number of amides is 1. The number of benzene rings is 1. The number of carbonyl (C=O) groups is 2. The Bertz CT molecular complexity index is 637. The van der Waals surface area contributed by atoms with E-state index >= 15 is 0 Å². The molecule has 0 aliphatic rings. The van der Waals surface area contributed by atoms with Gasteiger partial charge in [-0.15, -0.1) is 0 Å². The van der Waals surface area contributed by atoms with Crippen LogP contribution in [0.2, 0.25) is 0 Å². The average Bonchev–Trinajstić information content (AvgIpc) is 3.02. The van der Waals surface area contributed by atoms with Gasteiger partial charge in [0.05, 0.1) is 5.69 Å². The van der Waals surface area contributed by atoms with Gasteiger partial charge in [0.1, 0.15) is 6.04 Å². The molecule has 2 rings (SSSR count). The van der Waals surface area contributed by atoms with Gasteiger partial charge >= 0.3 is 5.97 Å². The molecule has 1 heterocycles. The number of aliphatic carboxylic acids is 1. The molecule has 1 atom stereocenters. The summed E-state index contributed by atoms with van der Waals surface area (Å²) in [5.41, 5.74) is 1.04. The van der Waals surface area contributed by atoms with Crippen molar-refractivity contribution in [3.8, 4) is 5.69 Å². The number of rotatable bonds is 7. The standard InChI is InChI=1S/C16H19N3O3/c1-2-3-9-14(16(21)22)17-15(20)13-10-11-19(18-13)12-7-5-4-6-8-12/h4-8,10-11,14H,2-3,9H2,1H3,(H,17,20)(H,21,22)/t14-/m0/s1. The normalized spacial score (nSPS) is 11.9. The highest BCUT2D eigenvalue weighted by Crippen LogP contribution is 2.08. The predicted octanol–water partition coefficient (Wildman–Crippen LogP) is 2.25. The van der Waals surface area contributed by atoms with Crippen LogP contribution in [0.3, 0.4) is 0 Å². The molecule has 2 aromatic rings. The van der Waals surface area contributed by atoms with E-state index in [9.17, 15) is 9.59 Å². The van der Waals surface area contributed by atoms with Gasteiger partial charge in [-0.2, -0.15) is 5.10 Å². The number of nitrogens with zero attached hydrogens (tertiary/aromatic N) is 2. The van der Waals surface area contributed by atoms with E-state index in [-0.39, 0.29) is 5.69 Å². The second-order valence-corrected chi connectivity index (χ2v) is 4.99. The van der Waals surface area contributed by atoms with E-state index in [4.69, 9.17) is 5.11 Å². The molecule has 1 amide bonds. The summed E-state index contributed by atoms with van der Waals surface area (Å²) in [5, 5.41) is 15.8. The SMILES string of the molecule is CCCC[C@H](NC(=O)c1ccn(-c2ccccc2)n1)C(=O)O. The highest BCUT2D eigenvalue weighted by atomic mass is 16.4. The van der Waals surface area contributed by atoms with Crippen molar-refractivity contribution in [1.82, 2.24) is 15.1 Å². The maximum absolute atomic E-state index is 12.1. The first-order valence-electron chi connectivity index (χ1n) is 7.26. The minimum absolute atomic E-state index is 0.201. The van der Waals surface area contributed by atoms with Crippen LogP contribution in [0.5, 0.6) is 0 Å². The third kappa shape index (κ3) is 3.94. The minimum Gasteiger partial charge on any atom is -0.480 e. The summed E-state index contributed by atoms with van der Waals surface area (Å²) in [6, 6.07) is 10.1. The summed E-state index contributed by atoms with van der Waals surface area (Å²) in [4.78, 5) is 23.3. The molecule has 1 aromatic carbocycles. The largest absolute Gasteiger partial charge is 0.480 e. The summed E-state index contributed by atoms with van der Waals surface area (Å²) in [6.45, 7) is 1.97. The monoisotopic (exact) mass is 301 g/mol. The van der Waals surface area contributed by atoms with Gasteiger partial charge in [0.2, 0.25) is 0 Å². The second-order valence-electron chi connectivity index (χ2n) is 4.99. The molecular formula is C16H19N3O3. The Labute approximate surface area is 128 Å². The Balaban J connectivity index is 2.06. The molecule has 0 bridgehead atoms. The zero-order valence-corrected chi connectivity index (χ0v) is 12.4. The highest BCUT2D eigenvalue weighted by molar-refractivity contribution is 5.94. The van der Waals surface area contributed by atoms with E-state index in [0.29, 0.717) is 6.42 Å².